The molecular weight excluding hydrogens is 310 g/mol. The van der Waals surface area contributed by atoms with Crippen LogP contribution < -0.4 is 0 Å². The van der Waals surface area contributed by atoms with E-state index >= 15 is 0 Å². The first-order valence-electron chi connectivity index (χ1n) is 8.98. The minimum atomic E-state index is 0.476. The summed E-state index contributed by atoms with van der Waals surface area (Å²) in [6, 6.07) is 13.2. The third kappa shape index (κ3) is 3.46. The van der Waals surface area contributed by atoms with Gasteiger partial charge in [0.1, 0.15) is 6.33 Å². The fourth-order valence-electron chi connectivity index (χ4n) is 3.46. The maximum Gasteiger partial charge on any atom is 0.160 e. The molecule has 2 aromatic heterocycles. The van der Waals surface area contributed by atoms with Crippen molar-refractivity contribution in [2.45, 2.75) is 32.2 Å². The average molecular weight is 333 g/mol. The molecule has 1 aliphatic rings. The van der Waals surface area contributed by atoms with E-state index in [9.17, 15) is 0 Å². The molecule has 1 saturated heterocycles. The van der Waals surface area contributed by atoms with Crippen LogP contribution in [0.25, 0.3) is 17.1 Å². The lowest BCUT2D eigenvalue weighted by Gasteiger charge is -2.32. The highest BCUT2D eigenvalue weighted by atomic mass is 15.2. The Kier molecular flexibility index (Phi) is 4.57. The third-order valence-electron chi connectivity index (χ3n) is 5.05. The van der Waals surface area contributed by atoms with Crippen LogP contribution in [0.1, 0.15) is 37.8 Å². The van der Waals surface area contributed by atoms with Crippen LogP contribution in [0.5, 0.6) is 0 Å². The van der Waals surface area contributed by atoms with Gasteiger partial charge in [0.15, 0.2) is 5.82 Å². The fourth-order valence-corrected chi connectivity index (χ4v) is 3.46. The first kappa shape index (κ1) is 16.0. The molecule has 1 atom stereocenters. The number of benzene rings is 1. The SMILES string of the molecule is C[C@H](c1ccc(-c2ccc(-n3ccnc3)nn2)cc1)N1CCCCC1. The van der Waals surface area contributed by atoms with E-state index in [4.69, 9.17) is 0 Å². The molecule has 0 amide bonds. The largest absolute Gasteiger partial charge is 0.297 e. The van der Waals surface area contributed by atoms with Gasteiger partial charge in [0, 0.05) is 24.0 Å². The minimum absolute atomic E-state index is 0.476. The summed E-state index contributed by atoms with van der Waals surface area (Å²) in [5, 5.41) is 8.65. The summed E-state index contributed by atoms with van der Waals surface area (Å²) in [5.74, 6) is 0.775. The number of hydrogen-bond donors (Lipinski definition) is 0. The molecule has 0 saturated carbocycles. The molecule has 0 bridgehead atoms. The van der Waals surface area contributed by atoms with Crippen LogP contribution in [0.2, 0.25) is 0 Å². The van der Waals surface area contributed by atoms with E-state index in [0.29, 0.717) is 6.04 Å². The van der Waals surface area contributed by atoms with Gasteiger partial charge < -0.3 is 0 Å². The number of hydrogen-bond acceptors (Lipinski definition) is 4. The fraction of sp³-hybridized carbons (Fsp3) is 0.350. The van der Waals surface area contributed by atoms with Gasteiger partial charge in [0.25, 0.3) is 0 Å². The Labute approximate surface area is 148 Å². The first-order chi connectivity index (χ1) is 12.3. The summed E-state index contributed by atoms with van der Waals surface area (Å²) in [7, 11) is 0. The van der Waals surface area contributed by atoms with E-state index < -0.39 is 0 Å². The Balaban J connectivity index is 1.49. The lowest BCUT2D eigenvalue weighted by atomic mass is 10.0. The van der Waals surface area contributed by atoms with E-state index in [1.54, 1.807) is 12.5 Å². The molecule has 3 heterocycles. The van der Waals surface area contributed by atoms with E-state index in [1.807, 2.05) is 22.9 Å². The molecule has 25 heavy (non-hydrogen) atoms. The highest BCUT2D eigenvalue weighted by molar-refractivity contribution is 5.59. The molecule has 4 rings (SSSR count). The average Bonchev–Trinajstić information content (AvgIpc) is 3.23. The Hall–Kier alpha value is -2.53. The minimum Gasteiger partial charge on any atom is -0.297 e. The van der Waals surface area contributed by atoms with E-state index in [1.165, 1.54) is 37.9 Å². The predicted molar refractivity (Wildman–Crippen MR) is 98.4 cm³/mol. The summed E-state index contributed by atoms with van der Waals surface area (Å²) in [6.45, 7) is 4.73. The zero-order chi connectivity index (χ0) is 17.1. The number of aromatic nitrogens is 4. The van der Waals surface area contributed by atoms with E-state index in [2.05, 4.69) is 51.3 Å². The summed E-state index contributed by atoms with van der Waals surface area (Å²) >= 11 is 0. The molecule has 0 spiro atoms. The van der Waals surface area contributed by atoms with Crippen molar-refractivity contribution in [1.29, 1.82) is 0 Å². The summed E-state index contributed by atoms with van der Waals surface area (Å²) in [5.41, 5.74) is 3.36. The molecule has 1 fully saturated rings. The standard InChI is InChI=1S/C20H23N5/c1-16(24-12-3-2-4-13-24)17-5-7-18(8-6-17)19-9-10-20(23-22-19)25-14-11-21-15-25/h5-11,14-16H,2-4,12-13H2,1H3/t16-/m1/s1. The smallest absolute Gasteiger partial charge is 0.160 e. The van der Waals surface area contributed by atoms with Crippen molar-refractivity contribution in [3.63, 3.8) is 0 Å². The lowest BCUT2D eigenvalue weighted by Crippen LogP contribution is -2.32. The Morgan fingerprint density at radius 3 is 2.36 bits per heavy atom. The summed E-state index contributed by atoms with van der Waals surface area (Å²) < 4.78 is 1.85. The van der Waals surface area contributed by atoms with Gasteiger partial charge in [-0.2, -0.15) is 0 Å². The number of imidazole rings is 1. The van der Waals surface area contributed by atoms with Gasteiger partial charge in [0.05, 0.1) is 5.69 Å². The second-order valence-electron chi connectivity index (χ2n) is 6.64. The normalized spacial score (nSPS) is 16.7. The monoisotopic (exact) mass is 333 g/mol. The molecule has 5 heteroatoms. The van der Waals surface area contributed by atoms with Crippen molar-refractivity contribution in [2.75, 3.05) is 13.1 Å². The van der Waals surface area contributed by atoms with Crippen molar-refractivity contribution in [3.05, 3.63) is 60.7 Å². The maximum absolute atomic E-state index is 4.36. The third-order valence-corrected chi connectivity index (χ3v) is 5.05. The molecule has 0 N–H and O–H groups in total. The summed E-state index contributed by atoms with van der Waals surface area (Å²) in [4.78, 5) is 6.62. The molecule has 3 aromatic rings. The Bertz CT molecular complexity index is 787. The van der Waals surface area contributed by atoms with E-state index in [0.717, 1.165) is 17.1 Å². The number of piperidine rings is 1. The zero-order valence-corrected chi connectivity index (χ0v) is 14.5. The van der Waals surface area contributed by atoms with Gasteiger partial charge in [-0.05, 0) is 50.6 Å². The lowest BCUT2D eigenvalue weighted by molar-refractivity contribution is 0.175. The van der Waals surface area contributed by atoms with Crippen molar-refractivity contribution >= 4 is 0 Å². The van der Waals surface area contributed by atoms with Crippen LogP contribution in [0.15, 0.2) is 55.1 Å². The van der Waals surface area contributed by atoms with Crippen LogP contribution in [0.4, 0.5) is 0 Å². The van der Waals surface area contributed by atoms with Gasteiger partial charge in [-0.25, -0.2) is 4.98 Å². The Morgan fingerprint density at radius 1 is 0.920 bits per heavy atom. The topological polar surface area (TPSA) is 46.8 Å². The van der Waals surface area contributed by atoms with Crippen LogP contribution >= 0.6 is 0 Å². The quantitative estimate of drug-likeness (QED) is 0.727. The molecule has 5 nitrogen and oxygen atoms in total. The molecule has 1 aromatic carbocycles. The van der Waals surface area contributed by atoms with Gasteiger partial charge in [-0.3, -0.25) is 9.47 Å². The summed E-state index contributed by atoms with van der Waals surface area (Å²) in [6.07, 6.45) is 9.33. The highest BCUT2D eigenvalue weighted by Crippen LogP contribution is 2.26. The molecule has 0 radical (unpaired) electrons. The number of rotatable bonds is 4. The molecular formula is C20H23N5. The number of nitrogens with zero attached hydrogens (tertiary/aromatic N) is 5. The Morgan fingerprint density at radius 2 is 1.72 bits per heavy atom. The second-order valence-corrected chi connectivity index (χ2v) is 6.64. The van der Waals surface area contributed by atoms with Crippen molar-refractivity contribution in [3.8, 4) is 17.1 Å². The van der Waals surface area contributed by atoms with Gasteiger partial charge in [-0.15, -0.1) is 10.2 Å². The molecule has 0 aliphatic carbocycles. The van der Waals surface area contributed by atoms with Crippen LogP contribution in [0.3, 0.4) is 0 Å². The second kappa shape index (κ2) is 7.15. The molecule has 1 aliphatic heterocycles. The van der Waals surface area contributed by atoms with Gasteiger partial charge >= 0.3 is 0 Å². The predicted octanol–water partition coefficient (Wildman–Crippen LogP) is 3.88. The van der Waals surface area contributed by atoms with Gasteiger partial charge in [-0.1, -0.05) is 30.7 Å². The highest BCUT2D eigenvalue weighted by Gasteiger charge is 2.18. The van der Waals surface area contributed by atoms with Crippen LogP contribution in [0, 0.1) is 0 Å². The van der Waals surface area contributed by atoms with Crippen LogP contribution in [-0.4, -0.2) is 37.7 Å². The van der Waals surface area contributed by atoms with Crippen molar-refractivity contribution in [1.82, 2.24) is 24.6 Å². The first-order valence-corrected chi connectivity index (χ1v) is 8.98. The zero-order valence-electron chi connectivity index (χ0n) is 14.5. The number of likely N-dealkylation sites (tertiary alicyclic amines) is 1. The van der Waals surface area contributed by atoms with Crippen LogP contribution in [-0.2, 0) is 0 Å². The maximum atomic E-state index is 4.36. The molecule has 0 unspecified atom stereocenters. The van der Waals surface area contributed by atoms with E-state index in [-0.39, 0.29) is 0 Å². The van der Waals surface area contributed by atoms with Gasteiger partial charge in [0.2, 0.25) is 0 Å². The van der Waals surface area contributed by atoms with Crippen molar-refractivity contribution in [2.24, 2.45) is 0 Å². The van der Waals surface area contributed by atoms with Crippen molar-refractivity contribution < 1.29 is 0 Å². The molecule has 128 valence electrons.